The van der Waals surface area contributed by atoms with Crippen molar-refractivity contribution in [3.05, 3.63) is 68.3 Å². The molecule has 0 unspecified atom stereocenters. The summed E-state index contributed by atoms with van der Waals surface area (Å²) < 4.78 is 5.59. The van der Waals surface area contributed by atoms with Gasteiger partial charge in [0.2, 0.25) is 0 Å². The summed E-state index contributed by atoms with van der Waals surface area (Å²) in [4.78, 5) is 22.7. The average molecular weight is 395 g/mol. The molecule has 0 aliphatic rings. The quantitative estimate of drug-likeness (QED) is 0.384. The highest BCUT2D eigenvalue weighted by Gasteiger charge is 2.18. The second kappa shape index (κ2) is 7.73. The van der Waals surface area contributed by atoms with Crippen LogP contribution in [0.1, 0.15) is 26.6 Å². The molecule has 2 aromatic heterocycles. The van der Waals surface area contributed by atoms with Crippen molar-refractivity contribution in [2.75, 3.05) is 5.73 Å². The van der Waals surface area contributed by atoms with Gasteiger partial charge in [0.05, 0.1) is 16.7 Å². The Morgan fingerprint density at radius 1 is 1.36 bits per heavy atom. The third-order valence-corrected chi connectivity index (χ3v) is 4.96. The molecule has 3 rings (SSSR count). The van der Waals surface area contributed by atoms with Crippen LogP contribution < -0.4 is 11.2 Å². The van der Waals surface area contributed by atoms with Crippen LogP contribution >= 0.6 is 11.3 Å². The summed E-state index contributed by atoms with van der Waals surface area (Å²) in [5.41, 5.74) is 9.54. The van der Waals surface area contributed by atoms with Gasteiger partial charge in [0.25, 0.3) is 11.6 Å². The van der Waals surface area contributed by atoms with Crippen molar-refractivity contribution in [1.29, 1.82) is 5.26 Å². The number of benzene rings is 1. The van der Waals surface area contributed by atoms with Gasteiger partial charge in [-0.1, -0.05) is 0 Å². The minimum absolute atomic E-state index is 0.0103. The molecule has 0 aliphatic carbocycles. The maximum atomic E-state index is 12.2. The predicted molar refractivity (Wildman–Crippen MR) is 104 cm³/mol. The van der Waals surface area contributed by atoms with Crippen molar-refractivity contribution in [2.45, 2.75) is 6.92 Å². The Hall–Kier alpha value is -3.97. The first-order valence-electron chi connectivity index (χ1n) is 7.87. The molecule has 0 saturated carbocycles. The van der Waals surface area contributed by atoms with E-state index in [0.29, 0.717) is 27.5 Å². The number of carbonyl (C=O) groups excluding carboxylic acids is 1. The molecule has 3 aromatic rings. The Balaban J connectivity index is 1.68. The number of nitriles is 1. The summed E-state index contributed by atoms with van der Waals surface area (Å²) in [6, 6.07) is 11.2. The molecule has 28 heavy (non-hydrogen) atoms. The lowest BCUT2D eigenvalue weighted by Crippen LogP contribution is -2.17. The van der Waals surface area contributed by atoms with E-state index in [1.54, 1.807) is 31.2 Å². The van der Waals surface area contributed by atoms with Crippen LogP contribution in [0.2, 0.25) is 0 Å². The molecule has 0 aliphatic heterocycles. The highest BCUT2D eigenvalue weighted by Crippen LogP contribution is 2.29. The summed E-state index contributed by atoms with van der Waals surface area (Å²) in [6.07, 6.45) is 1.32. The maximum absolute atomic E-state index is 12.2. The van der Waals surface area contributed by atoms with E-state index < -0.39 is 10.8 Å². The standard InChI is InChI=1S/C18H13N5O4S/c1-10-14(8-19)17(20)28-16(10)18(24)22-21-9-13-6-7-15(27-13)11-2-4-12(5-3-11)23(25)26/h2-7,9H,20H2,1H3,(H,22,24). The van der Waals surface area contributed by atoms with E-state index in [0.717, 1.165) is 11.3 Å². The molecule has 0 fully saturated rings. The molecule has 0 saturated heterocycles. The zero-order valence-corrected chi connectivity index (χ0v) is 15.3. The SMILES string of the molecule is Cc1c(C(=O)NN=Cc2ccc(-c3ccc([N+](=O)[O-])cc3)o2)sc(N)c1C#N. The zero-order chi connectivity index (χ0) is 20.3. The lowest BCUT2D eigenvalue weighted by Gasteiger charge is -1.98. The van der Waals surface area contributed by atoms with Gasteiger partial charge in [-0.15, -0.1) is 11.3 Å². The number of rotatable bonds is 5. The molecule has 2 heterocycles. The number of nitrogens with two attached hydrogens (primary N) is 1. The lowest BCUT2D eigenvalue weighted by molar-refractivity contribution is -0.384. The number of nitrogen functional groups attached to an aromatic ring is 1. The van der Waals surface area contributed by atoms with Crippen LogP contribution in [-0.4, -0.2) is 17.0 Å². The first kappa shape index (κ1) is 18.8. The number of nitro groups is 1. The highest BCUT2D eigenvalue weighted by atomic mass is 32.1. The lowest BCUT2D eigenvalue weighted by atomic mass is 10.1. The predicted octanol–water partition coefficient (Wildman–Crippen LogP) is 3.44. The molecule has 0 atom stereocenters. The van der Waals surface area contributed by atoms with Gasteiger partial charge in [0.1, 0.15) is 27.5 Å². The maximum Gasteiger partial charge on any atom is 0.281 e. The Labute approximate surface area is 162 Å². The highest BCUT2D eigenvalue weighted by molar-refractivity contribution is 7.18. The van der Waals surface area contributed by atoms with E-state index in [2.05, 4.69) is 10.5 Å². The number of hydrogen-bond acceptors (Lipinski definition) is 8. The van der Waals surface area contributed by atoms with E-state index in [1.807, 2.05) is 6.07 Å². The van der Waals surface area contributed by atoms with Crippen molar-refractivity contribution in [1.82, 2.24) is 5.43 Å². The van der Waals surface area contributed by atoms with Crippen LogP contribution in [0, 0.1) is 28.4 Å². The summed E-state index contributed by atoms with van der Waals surface area (Å²) in [5.74, 6) is 0.408. The summed E-state index contributed by atoms with van der Waals surface area (Å²) in [5, 5.41) is 23.9. The third kappa shape index (κ3) is 3.74. The van der Waals surface area contributed by atoms with Gasteiger partial charge in [-0.25, -0.2) is 5.43 Å². The first-order chi connectivity index (χ1) is 13.4. The number of amides is 1. The number of thiophene rings is 1. The minimum Gasteiger partial charge on any atom is -0.455 e. The topological polar surface area (TPSA) is 148 Å². The number of anilines is 1. The molecule has 1 amide bonds. The number of hydrazone groups is 1. The van der Waals surface area contributed by atoms with E-state index in [4.69, 9.17) is 15.4 Å². The van der Waals surface area contributed by atoms with Gasteiger partial charge >= 0.3 is 0 Å². The largest absolute Gasteiger partial charge is 0.455 e. The molecular formula is C18H13N5O4S. The van der Waals surface area contributed by atoms with Gasteiger partial charge < -0.3 is 10.2 Å². The fourth-order valence-electron chi connectivity index (χ4n) is 2.42. The van der Waals surface area contributed by atoms with Crippen molar-refractivity contribution in [3.63, 3.8) is 0 Å². The monoisotopic (exact) mass is 395 g/mol. The Morgan fingerprint density at radius 2 is 2.07 bits per heavy atom. The molecule has 140 valence electrons. The minimum atomic E-state index is -0.478. The summed E-state index contributed by atoms with van der Waals surface area (Å²) >= 11 is 1.02. The number of nitrogens with one attached hydrogen (secondary N) is 1. The summed E-state index contributed by atoms with van der Waals surface area (Å²) in [6.45, 7) is 1.65. The summed E-state index contributed by atoms with van der Waals surface area (Å²) in [7, 11) is 0. The number of hydrogen-bond donors (Lipinski definition) is 2. The van der Waals surface area contributed by atoms with Crippen LogP contribution in [0.25, 0.3) is 11.3 Å². The average Bonchev–Trinajstić information content (AvgIpc) is 3.26. The van der Waals surface area contributed by atoms with Crippen LogP contribution in [0.5, 0.6) is 0 Å². The number of carbonyl (C=O) groups is 1. The molecule has 9 nitrogen and oxygen atoms in total. The fraction of sp³-hybridized carbons (Fsp3) is 0.0556. The smallest absolute Gasteiger partial charge is 0.281 e. The molecule has 3 N–H and O–H groups in total. The van der Waals surface area contributed by atoms with Crippen molar-refractivity contribution in [2.24, 2.45) is 5.10 Å². The number of furan rings is 1. The van der Waals surface area contributed by atoms with Crippen LogP contribution in [0.3, 0.4) is 0 Å². The van der Waals surface area contributed by atoms with Gasteiger partial charge in [-0.2, -0.15) is 10.4 Å². The molecule has 0 radical (unpaired) electrons. The molecule has 10 heteroatoms. The van der Waals surface area contributed by atoms with E-state index in [9.17, 15) is 14.9 Å². The Morgan fingerprint density at radius 3 is 2.68 bits per heavy atom. The molecule has 0 bridgehead atoms. The van der Waals surface area contributed by atoms with Gasteiger partial charge in [-0.3, -0.25) is 14.9 Å². The van der Waals surface area contributed by atoms with Crippen molar-refractivity contribution in [3.8, 4) is 17.4 Å². The third-order valence-electron chi connectivity index (χ3n) is 3.84. The molecule has 0 spiro atoms. The normalized spacial score (nSPS) is 10.7. The number of nitro benzene ring substituents is 1. The second-order valence-electron chi connectivity index (χ2n) is 5.61. The zero-order valence-electron chi connectivity index (χ0n) is 14.5. The van der Waals surface area contributed by atoms with E-state index in [-0.39, 0.29) is 16.3 Å². The van der Waals surface area contributed by atoms with Crippen molar-refractivity contribution >= 4 is 34.1 Å². The van der Waals surface area contributed by atoms with E-state index in [1.165, 1.54) is 18.3 Å². The van der Waals surface area contributed by atoms with Crippen LogP contribution in [0.4, 0.5) is 10.7 Å². The first-order valence-corrected chi connectivity index (χ1v) is 8.69. The van der Waals surface area contributed by atoms with Gasteiger partial charge in [0.15, 0.2) is 0 Å². The number of nitrogens with zero attached hydrogens (tertiary/aromatic N) is 3. The van der Waals surface area contributed by atoms with Gasteiger partial charge in [-0.05, 0) is 36.8 Å². The van der Waals surface area contributed by atoms with Gasteiger partial charge in [0, 0.05) is 17.7 Å². The fourth-order valence-corrected chi connectivity index (χ4v) is 3.34. The Kier molecular flexibility index (Phi) is 5.19. The molecule has 1 aromatic carbocycles. The second-order valence-corrected chi connectivity index (χ2v) is 6.66. The number of non-ortho nitro benzene ring substituents is 1. The van der Waals surface area contributed by atoms with Crippen LogP contribution in [0.15, 0.2) is 45.9 Å². The Bertz CT molecular complexity index is 1120. The van der Waals surface area contributed by atoms with E-state index >= 15 is 0 Å². The van der Waals surface area contributed by atoms with Crippen LogP contribution in [-0.2, 0) is 0 Å². The molecular weight excluding hydrogens is 382 g/mol. The van der Waals surface area contributed by atoms with Crippen molar-refractivity contribution < 1.29 is 14.1 Å².